The second-order valence-electron chi connectivity index (χ2n) is 5.92. The van der Waals surface area contributed by atoms with E-state index in [0.29, 0.717) is 24.8 Å². The number of ether oxygens (including phenoxy) is 1. The zero-order chi connectivity index (χ0) is 16.5. The van der Waals surface area contributed by atoms with Crippen molar-refractivity contribution in [3.8, 4) is 5.75 Å². The molecule has 1 aliphatic rings. The molecule has 0 aliphatic carbocycles. The average Bonchev–Trinajstić information content (AvgIpc) is 3.05. The third kappa shape index (κ3) is 2.88. The molecule has 24 heavy (non-hydrogen) atoms. The minimum Gasteiger partial charge on any atom is -0.488 e. The number of hydrogen-bond donors (Lipinski definition) is 1. The van der Waals surface area contributed by atoms with Crippen molar-refractivity contribution in [2.75, 3.05) is 12.3 Å². The van der Waals surface area contributed by atoms with E-state index in [0.717, 1.165) is 28.1 Å². The SMILES string of the molecule is Cc1ccc2c(c1)OCC(c1nnc(Cc3ccc(N)cc3)o1)=C2. The highest BCUT2D eigenvalue weighted by Gasteiger charge is 2.18. The topological polar surface area (TPSA) is 74.2 Å². The van der Waals surface area contributed by atoms with E-state index in [4.69, 9.17) is 14.9 Å². The first-order chi connectivity index (χ1) is 11.7. The van der Waals surface area contributed by atoms with Gasteiger partial charge in [0.1, 0.15) is 12.4 Å². The molecule has 0 fully saturated rings. The largest absolute Gasteiger partial charge is 0.488 e. The maximum absolute atomic E-state index is 5.80. The third-order valence-electron chi connectivity index (χ3n) is 3.96. The Morgan fingerprint density at radius 3 is 2.75 bits per heavy atom. The third-order valence-corrected chi connectivity index (χ3v) is 3.96. The zero-order valence-electron chi connectivity index (χ0n) is 13.3. The van der Waals surface area contributed by atoms with Crippen molar-refractivity contribution < 1.29 is 9.15 Å². The molecule has 120 valence electrons. The van der Waals surface area contributed by atoms with Gasteiger partial charge in [-0.3, -0.25) is 0 Å². The van der Waals surface area contributed by atoms with Crippen LogP contribution in [0.1, 0.15) is 28.5 Å². The van der Waals surface area contributed by atoms with Gasteiger partial charge < -0.3 is 14.9 Å². The van der Waals surface area contributed by atoms with Crippen molar-refractivity contribution in [1.82, 2.24) is 10.2 Å². The monoisotopic (exact) mass is 319 g/mol. The van der Waals surface area contributed by atoms with Crippen LogP contribution in [-0.2, 0) is 6.42 Å². The van der Waals surface area contributed by atoms with Crippen molar-refractivity contribution in [2.24, 2.45) is 0 Å². The molecule has 4 rings (SSSR count). The number of fused-ring (bicyclic) bond motifs is 1. The van der Waals surface area contributed by atoms with E-state index in [9.17, 15) is 0 Å². The number of benzene rings is 2. The van der Waals surface area contributed by atoms with Gasteiger partial charge in [-0.05, 0) is 42.3 Å². The summed E-state index contributed by atoms with van der Waals surface area (Å²) in [5, 5.41) is 8.29. The molecule has 2 N–H and O–H groups in total. The molecular formula is C19H17N3O2. The highest BCUT2D eigenvalue weighted by atomic mass is 16.5. The number of aryl methyl sites for hydroxylation is 1. The van der Waals surface area contributed by atoms with Crippen LogP contribution in [0.2, 0.25) is 0 Å². The van der Waals surface area contributed by atoms with Crippen LogP contribution in [0.4, 0.5) is 5.69 Å². The summed E-state index contributed by atoms with van der Waals surface area (Å²) in [7, 11) is 0. The fraction of sp³-hybridized carbons (Fsp3) is 0.158. The van der Waals surface area contributed by atoms with Crippen molar-refractivity contribution in [1.29, 1.82) is 0 Å². The fourth-order valence-corrected chi connectivity index (χ4v) is 2.66. The van der Waals surface area contributed by atoms with E-state index in [-0.39, 0.29) is 0 Å². The van der Waals surface area contributed by atoms with Crippen LogP contribution in [0.5, 0.6) is 5.75 Å². The summed E-state index contributed by atoms with van der Waals surface area (Å²) in [5.41, 5.74) is 10.6. The number of nitrogens with two attached hydrogens (primary N) is 1. The molecule has 3 aromatic rings. The van der Waals surface area contributed by atoms with Gasteiger partial charge in [-0.25, -0.2) is 0 Å². The lowest BCUT2D eigenvalue weighted by Gasteiger charge is -2.16. The molecular weight excluding hydrogens is 302 g/mol. The number of nitrogens with zero attached hydrogens (tertiary/aromatic N) is 2. The van der Waals surface area contributed by atoms with Gasteiger partial charge in [-0.15, -0.1) is 10.2 Å². The van der Waals surface area contributed by atoms with Crippen LogP contribution in [0.15, 0.2) is 46.9 Å². The number of rotatable bonds is 3. The first kappa shape index (κ1) is 14.5. The lowest BCUT2D eigenvalue weighted by atomic mass is 10.1. The Balaban J connectivity index is 1.56. The summed E-state index contributed by atoms with van der Waals surface area (Å²) in [6.45, 7) is 2.48. The van der Waals surface area contributed by atoms with Crippen molar-refractivity contribution >= 4 is 17.3 Å². The summed E-state index contributed by atoms with van der Waals surface area (Å²) in [4.78, 5) is 0. The van der Waals surface area contributed by atoms with Gasteiger partial charge in [-0.2, -0.15) is 0 Å². The van der Waals surface area contributed by atoms with E-state index < -0.39 is 0 Å². The Kier molecular flexibility index (Phi) is 3.54. The zero-order valence-corrected chi connectivity index (χ0v) is 13.3. The second-order valence-corrected chi connectivity index (χ2v) is 5.92. The van der Waals surface area contributed by atoms with Gasteiger partial charge in [0.25, 0.3) is 0 Å². The molecule has 0 unspecified atom stereocenters. The normalized spacial score (nSPS) is 13.1. The Hall–Kier alpha value is -3.08. The van der Waals surface area contributed by atoms with Gasteiger partial charge in [0.15, 0.2) is 0 Å². The van der Waals surface area contributed by atoms with E-state index in [1.165, 1.54) is 5.56 Å². The number of hydrogen-bond acceptors (Lipinski definition) is 5. The van der Waals surface area contributed by atoms with Gasteiger partial charge >= 0.3 is 0 Å². The maximum atomic E-state index is 5.80. The van der Waals surface area contributed by atoms with Crippen LogP contribution < -0.4 is 10.5 Å². The van der Waals surface area contributed by atoms with Gasteiger partial charge in [0.05, 0.1) is 12.0 Å². The lowest BCUT2D eigenvalue weighted by molar-refractivity contribution is 0.359. The van der Waals surface area contributed by atoms with Crippen LogP contribution in [0.3, 0.4) is 0 Å². The molecule has 2 aromatic carbocycles. The summed E-state index contributed by atoms with van der Waals surface area (Å²) >= 11 is 0. The van der Waals surface area contributed by atoms with Gasteiger partial charge in [-0.1, -0.05) is 24.3 Å². The predicted molar refractivity (Wildman–Crippen MR) is 92.5 cm³/mol. The molecule has 0 amide bonds. The van der Waals surface area contributed by atoms with Gasteiger partial charge in [0.2, 0.25) is 11.8 Å². The Labute approximate surface area is 139 Å². The van der Waals surface area contributed by atoms with E-state index in [1.54, 1.807) is 0 Å². The molecule has 0 bridgehead atoms. The standard InChI is InChI=1S/C19H17N3O2/c1-12-2-5-14-10-15(11-23-17(14)8-12)19-22-21-18(24-19)9-13-3-6-16(20)7-4-13/h2-8,10H,9,11,20H2,1H3. The van der Waals surface area contributed by atoms with E-state index in [1.807, 2.05) is 49.4 Å². The maximum Gasteiger partial charge on any atom is 0.247 e. The highest BCUT2D eigenvalue weighted by molar-refractivity contribution is 5.82. The number of anilines is 1. The van der Waals surface area contributed by atoms with Crippen molar-refractivity contribution in [2.45, 2.75) is 13.3 Å². The van der Waals surface area contributed by atoms with Crippen LogP contribution >= 0.6 is 0 Å². The molecule has 0 atom stereocenters. The first-order valence-corrected chi connectivity index (χ1v) is 7.78. The Morgan fingerprint density at radius 1 is 1.08 bits per heavy atom. The summed E-state index contributed by atoms with van der Waals surface area (Å²) in [6.07, 6.45) is 2.62. The molecule has 1 aromatic heterocycles. The highest BCUT2D eigenvalue weighted by Crippen LogP contribution is 2.30. The van der Waals surface area contributed by atoms with Gasteiger partial charge in [0, 0.05) is 11.3 Å². The van der Waals surface area contributed by atoms with E-state index >= 15 is 0 Å². The van der Waals surface area contributed by atoms with Crippen molar-refractivity contribution in [3.05, 3.63) is 70.9 Å². The molecule has 1 aliphatic heterocycles. The second kappa shape index (κ2) is 5.85. The molecule has 0 radical (unpaired) electrons. The minimum atomic E-state index is 0.431. The van der Waals surface area contributed by atoms with E-state index in [2.05, 4.69) is 16.3 Å². The minimum absolute atomic E-state index is 0.431. The van der Waals surface area contributed by atoms with Crippen LogP contribution in [0.25, 0.3) is 11.6 Å². The Bertz CT molecular complexity index is 911. The number of aromatic nitrogens is 2. The lowest BCUT2D eigenvalue weighted by Crippen LogP contribution is -2.07. The molecule has 0 saturated heterocycles. The Morgan fingerprint density at radius 2 is 1.92 bits per heavy atom. The summed E-state index contributed by atoms with van der Waals surface area (Å²) in [5.74, 6) is 1.97. The molecule has 5 nitrogen and oxygen atoms in total. The molecule has 0 saturated carbocycles. The average molecular weight is 319 g/mol. The summed E-state index contributed by atoms with van der Waals surface area (Å²) < 4.78 is 11.6. The van der Waals surface area contributed by atoms with Crippen LogP contribution in [0, 0.1) is 6.92 Å². The molecule has 5 heteroatoms. The first-order valence-electron chi connectivity index (χ1n) is 7.78. The summed E-state index contributed by atoms with van der Waals surface area (Å²) in [6, 6.07) is 13.8. The molecule has 2 heterocycles. The number of nitrogen functional groups attached to an aromatic ring is 1. The fourth-order valence-electron chi connectivity index (χ4n) is 2.66. The smallest absolute Gasteiger partial charge is 0.247 e. The quantitative estimate of drug-likeness (QED) is 0.748. The van der Waals surface area contributed by atoms with Crippen molar-refractivity contribution in [3.63, 3.8) is 0 Å². The van der Waals surface area contributed by atoms with Crippen LogP contribution in [-0.4, -0.2) is 16.8 Å². The molecule has 0 spiro atoms. The predicted octanol–water partition coefficient (Wildman–Crippen LogP) is 3.48.